The minimum Gasteiger partial charge on any atom is -0.497 e. The van der Waals surface area contributed by atoms with E-state index in [1.165, 1.54) is 7.11 Å². The van der Waals surface area contributed by atoms with E-state index in [-0.39, 0.29) is 5.91 Å². The molecule has 128 valence electrons. The molecule has 0 aromatic heterocycles. The number of hydrogen-bond donors (Lipinski definition) is 1. The second-order valence-corrected chi connectivity index (χ2v) is 5.41. The zero-order valence-electron chi connectivity index (χ0n) is 13.8. The van der Waals surface area contributed by atoms with Crippen LogP contribution in [-0.2, 0) is 4.79 Å². The van der Waals surface area contributed by atoms with Gasteiger partial charge in [0.05, 0.1) is 24.9 Å². The molecule has 1 N–H and O–H groups in total. The fraction of sp³-hybridized carbons (Fsp3) is 0.278. The molecular formula is C18H20ClNO4. The highest BCUT2D eigenvalue weighted by Crippen LogP contribution is 2.30. The molecule has 0 radical (unpaired) electrons. The molecule has 0 fully saturated rings. The molecular weight excluding hydrogens is 330 g/mol. The third-order valence-corrected chi connectivity index (χ3v) is 3.75. The third kappa shape index (κ3) is 4.32. The van der Waals surface area contributed by atoms with Gasteiger partial charge in [-0.15, -0.1) is 0 Å². The van der Waals surface area contributed by atoms with Crippen molar-refractivity contribution >= 4 is 23.2 Å². The van der Waals surface area contributed by atoms with E-state index >= 15 is 0 Å². The SMILES string of the molecule is CC[C@H](Oc1ccccc1Cl)C(=O)Nc1ccc(OC)cc1OC. The van der Waals surface area contributed by atoms with Gasteiger partial charge in [0.1, 0.15) is 17.2 Å². The molecule has 0 aliphatic carbocycles. The molecule has 6 heteroatoms. The van der Waals surface area contributed by atoms with Crippen LogP contribution in [0.5, 0.6) is 17.2 Å². The first-order valence-corrected chi connectivity index (χ1v) is 7.91. The molecule has 1 atom stereocenters. The summed E-state index contributed by atoms with van der Waals surface area (Å²) in [6.45, 7) is 1.87. The monoisotopic (exact) mass is 349 g/mol. The predicted octanol–water partition coefficient (Wildman–Crippen LogP) is 4.15. The van der Waals surface area contributed by atoms with Crippen molar-refractivity contribution in [1.82, 2.24) is 0 Å². The zero-order chi connectivity index (χ0) is 17.5. The summed E-state index contributed by atoms with van der Waals surface area (Å²) in [6.07, 6.45) is -0.174. The van der Waals surface area contributed by atoms with Gasteiger partial charge in [-0.2, -0.15) is 0 Å². The smallest absolute Gasteiger partial charge is 0.265 e. The Kier molecular flexibility index (Phi) is 6.32. The van der Waals surface area contributed by atoms with Crippen molar-refractivity contribution in [3.63, 3.8) is 0 Å². The number of rotatable bonds is 7. The number of anilines is 1. The number of carbonyl (C=O) groups excluding carboxylic acids is 1. The number of para-hydroxylation sites is 1. The maximum absolute atomic E-state index is 12.5. The lowest BCUT2D eigenvalue weighted by molar-refractivity contribution is -0.122. The summed E-state index contributed by atoms with van der Waals surface area (Å²) in [4.78, 5) is 12.5. The molecule has 0 aliphatic rings. The Morgan fingerprint density at radius 2 is 1.88 bits per heavy atom. The predicted molar refractivity (Wildman–Crippen MR) is 94.3 cm³/mol. The number of hydrogen-bond acceptors (Lipinski definition) is 4. The third-order valence-electron chi connectivity index (χ3n) is 3.44. The van der Waals surface area contributed by atoms with Crippen LogP contribution in [0.2, 0.25) is 5.02 Å². The molecule has 0 aliphatic heterocycles. The summed E-state index contributed by atoms with van der Waals surface area (Å²) in [6, 6.07) is 12.2. The van der Waals surface area contributed by atoms with Crippen LogP contribution in [-0.4, -0.2) is 26.2 Å². The lowest BCUT2D eigenvalue weighted by Gasteiger charge is -2.19. The summed E-state index contributed by atoms with van der Waals surface area (Å²) in [7, 11) is 3.10. The fourth-order valence-electron chi connectivity index (χ4n) is 2.13. The second-order valence-electron chi connectivity index (χ2n) is 5.00. The van der Waals surface area contributed by atoms with Gasteiger partial charge in [0.25, 0.3) is 5.91 Å². The highest BCUT2D eigenvalue weighted by atomic mass is 35.5. The Hall–Kier alpha value is -2.40. The molecule has 1 amide bonds. The maximum atomic E-state index is 12.5. The molecule has 2 rings (SSSR count). The van der Waals surface area contributed by atoms with Gasteiger partial charge in [0.2, 0.25) is 0 Å². The van der Waals surface area contributed by atoms with Crippen molar-refractivity contribution in [1.29, 1.82) is 0 Å². The molecule has 0 saturated heterocycles. The Bertz CT molecular complexity index is 705. The van der Waals surface area contributed by atoms with Gasteiger partial charge in [-0.25, -0.2) is 0 Å². The van der Waals surface area contributed by atoms with Crippen molar-refractivity contribution in [2.24, 2.45) is 0 Å². The minimum atomic E-state index is -0.670. The Morgan fingerprint density at radius 1 is 1.12 bits per heavy atom. The van der Waals surface area contributed by atoms with Gasteiger partial charge in [-0.3, -0.25) is 4.79 Å². The highest BCUT2D eigenvalue weighted by Gasteiger charge is 2.21. The van der Waals surface area contributed by atoms with Gasteiger partial charge < -0.3 is 19.5 Å². The summed E-state index contributed by atoms with van der Waals surface area (Å²) in [5, 5.41) is 3.28. The zero-order valence-corrected chi connectivity index (χ0v) is 14.6. The van der Waals surface area contributed by atoms with Crippen molar-refractivity contribution < 1.29 is 19.0 Å². The molecule has 0 unspecified atom stereocenters. The van der Waals surface area contributed by atoms with Crippen LogP contribution in [0, 0.1) is 0 Å². The number of halogens is 1. The second kappa shape index (κ2) is 8.45. The number of carbonyl (C=O) groups is 1. The van der Waals surface area contributed by atoms with E-state index in [4.69, 9.17) is 25.8 Å². The number of ether oxygens (including phenoxy) is 3. The first-order chi connectivity index (χ1) is 11.6. The van der Waals surface area contributed by atoms with E-state index in [0.717, 1.165) is 0 Å². The van der Waals surface area contributed by atoms with E-state index in [0.29, 0.717) is 34.4 Å². The van der Waals surface area contributed by atoms with Crippen LogP contribution in [0.3, 0.4) is 0 Å². The standard InChI is InChI=1S/C18H20ClNO4/c1-4-15(24-16-8-6-5-7-13(16)19)18(21)20-14-10-9-12(22-2)11-17(14)23-3/h5-11,15H,4H2,1-3H3,(H,20,21)/t15-/m0/s1. The summed E-state index contributed by atoms with van der Waals surface area (Å²) >= 11 is 6.08. The number of methoxy groups -OCH3 is 2. The lowest BCUT2D eigenvalue weighted by Crippen LogP contribution is -2.32. The molecule has 0 heterocycles. The average Bonchev–Trinajstić information content (AvgIpc) is 2.61. The average molecular weight is 350 g/mol. The van der Waals surface area contributed by atoms with Crippen LogP contribution in [0.25, 0.3) is 0 Å². The molecule has 5 nitrogen and oxygen atoms in total. The normalized spacial score (nSPS) is 11.5. The number of amides is 1. The van der Waals surface area contributed by atoms with Crippen molar-refractivity contribution in [3.8, 4) is 17.2 Å². The minimum absolute atomic E-state index is 0.277. The summed E-state index contributed by atoms with van der Waals surface area (Å²) < 4.78 is 16.2. The molecule has 24 heavy (non-hydrogen) atoms. The number of benzene rings is 2. The van der Waals surface area contributed by atoms with E-state index in [1.807, 2.05) is 6.92 Å². The van der Waals surface area contributed by atoms with Crippen LogP contribution in [0.4, 0.5) is 5.69 Å². The largest absolute Gasteiger partial charge is 0.497 e. The van der Waals surface area contributed by atoms with Crippen LogP contribution >= 0.6 is 11.6 Å². The molecule has 0 saturated carbocycles. The quantitative estimate of drug-likeness (QED) is 0.815. The van der Waals surface area contributed by atoms with Gasteiger partial charge in [-0.1, -0.05) is 30.7 Å². The number of nitrogens with one attached hydrogen (secondary N) is 1. The highest BCUT2D eigenvalue weighted by molar-refractivity contribution is 6.32. The van der Waals surface area contributed by atoms with E-state index in [2.05, 4.69) is 5.32 Å². The van der Waals surface area contributed by atoms with Crippen molar-refractivity contribution in [3.05, 3.63) is 47.5 Å². The molecule has 2 aromatic carbocycles. The molecule has 0 spiro atoms. The van der Waals surface area contributed by atoms with Crippen molar-refractivity contribution in [2.45, 2.75) is 19.4 Å². The van der Waals surface area contributed by atoms with Crippen LogP contribution < -0.4 is 19.5 Å². The van der Waals surface area contributed by atoms with E-state index in [1.54, 1.807) is 49.6 Å². The Balaban J connectivity index is 2.13. The van der Waals surface area contributed by atoms with Gasteiger partial charge in [0, 0.05) is 6.07 Å². The fourth-order valence-corrected chi connectivity index (χ4v) is 2.31. The van der Waals surface area contributed by atoms with Gasteiger partial charge in [0.15, 0.2) is 6.10 Å². The van der Waals surface area contributed by atoms with E-state index < -0.39 is 6.10 Å². The Labute approximate surface area is 146 Å². The Morgan fingerprint density at radius 3 is 2.50 bits per heavy atom. The van der Waals surface area contributed by atoms with Crippen LogP contribution in [0.1, 0.15) is 13.3 Å². The van der Waals surface area contributed by atoms with Gasteiger partial charge >= 0.3 is 0 Å². The van der Waals surface area contributed by atoms with Crippen LogP contribution in [0.15, 0.2) is 42.5 Å². The first kappa shape index (κ1) is 17.9. The molecule has 0 bridgehead atoms. The maximum Gasteiger partial charge on any atom is 0.265 e. The van der Waals surface area contributed by atoms with E-state index in [9.17, 15) is 4.79 Å². The van der Waals surface area contributed by atoms with Crippen molar-refractivity contribution in [2.75, 3.05) is 19.5 Å². The topological polar surface area (TPSA) is 56.8 Å². The summed E-state index contributed by atoms with van der Waals surface area (Å²) in [5.41, 5.74) is 0.546. The lowest BCUT2D eigenvalue weighted by atomic mass is 10.2. The van der Waals surface area contributed by atoms with Gasteiger partial charge in [-0.05, 0) is 30.7 Å². The molecule has 2 aromatic rings. The summed E-state index contributed by atoms with van der Waals surface area (Å²) in [5.74, 6) is 1.35. The first-order valence-electron chi connectivity index (χ1n) is 7.53.